The lowest BCUT2D eigenvalue weighted by atomic mass is 10.0. The van der Waals surface area contributed by atoms with E-state index in [9.17, 15) is 87.5 Å². The minimum Gasteiger partial charge on any atom is -0.397 e. The van der Waals surface area contributed by atoms with E-state index in [1.807, 2.05) is 65.4 Å². The van der Waals surface area contributed by atoms with E-state index in [1.165, 1.54) is 89.0 Å². The smallest absolute Gasteiger partial charge is 0.263 e. The highest BCUT2D eigenvalue weighted by Crippen LogP contribution is 2.36. The summed E-state index contributed by atoms with van der Waals surface area (Å²) in [6.07, 6.45) is 24.0. The summed E-state index contributed by atoms with van der Waals surface area (Å²) in [6.45, 7) is 1.57. The first-order valence-electron chi connectivity index (χ1n) is 36.1. The van der Waals surface area contributed by atoms with Gasteiger partial charge in [-0.15, -0.1) is 34.0 Å². The summed E-state index contributed by atoms with van der Waals surface area (Å²) >= 11 is 4.21. The molecule has 0 aliphatic carbocycles. The Kier molecular flexibility index (Phi) is 29.7. The van der Waals surface area contributed by atoms with Crippen LogP contribution < -0.4 is 48.6 Å². The first kappa shape index (κ1) is 87.4. The van der Waals surface area contributed by atoms with Crippen LogP contribution in [-0.2, 0) is 40.4 Å². The molecule has 35 heteroatoms. The number of aldehydes is 1. The normalized spacial score (nSPS) is 12.9. The molecule has 9 heterocycles. The molecule has 6 aromatic heterocycles. The van der Waals surface area contributed by atoms with Gasteiger partial charge in [-0.25, -0.2) is 54.5 Å². The van der Waals surface area contributed by atoms with E-state index in [1.54, 1.807) is 79.5 Å². The lowest BCUT2D eigenvalue weighted by Crippen LogP contribution is -2.33. The molecular weight excluding hydrogens is 1640 g/mol. The summed E-state index contributed by atoms with van der Waals surface area (Å²) in [7, 11) is 0. The van der Waals surface area contributed by atoms with E-state index < -0.39 is 86.8 Å². The molecule has 0 spiro atoms. The Morgan fingerprint density at radius 1 is 0.446 bits per heavy atom. The summed E-state index contributed by atoms with van der Waals surface area (Å²) in [5, 5.41) is 31.3. The maximum atomic E-state index is 13.5. The molecule has 0 radical (unpaired) electrons. The molecule has 0 saturated carbocycles. The van der Waals surface area contributed by atoms with Crippen LogP contribution in [0.1, 0.15) is 108 Å². The number of nitrogens with zero attached hydrogens (tertiary/aromatic N) is 6. The van der Waals surface area contributed by atoms with Gasteiger partial charge in [-0.05, 0) is 149 Å². The van der Waals surface area contributed by atoms with Gasteiger partial charge in [0.05, 0.1) is 37.2 Å². The van der Waals surface area contributed by atoms with Crippen molar-refractivity contribution >= 4 is 134 Å². The molecule has 0 fully saturated rings. The molecule has 6 amide bonds. The molecule has 0 atom stereocenters. The Morgan fingerprint density at radius 2 is 0.769 bits per heavy atom. The van der Waals surface area contributed by atoms with Crippen LogP contribution in [0, 0.1) is 52.4 Å². The molecule has 616 valence electrons. The Labute approximate surface area is 692 Å². The van der Waals surface area contributed by atoms with Gasteiger partial charge in [0.1, 0.15) is 26.7 Å². The number of anilines is 3. The van der Waals surface area contributed by atoms with Crippen molar-refractivity contribution in [3.05, 3.63) is 364 Å². The number of nitrogens with one attached hydrogen (secondary N) is 6. The predicted molar refractivity (Wildman–Crippen MR) is 442 cm³/mol. The van der Waals surface area contributed by atoms with Crippen LogP contribution in [-0.4, -0.2) is 102 Å². The van der Waals surface area contributed by atoms with Crippen molar-refractivity contribution in [3.8, 4) is 0 Å². The van der Waals surface area contributed by atoms with Crippen molar-refractivity contribution in [2.24, 2.45) is 0 Å². The van der Waals surface area contributed by atoms with Gasteiger partial charge in [-0.1, -0.05) is 72.9 Å². The van der Waals surface area contributed by atoms with Gasteiger partial charge < -0.3 is 50.7 Å². The van der Waals surface area contributed by atoms with Gasteiger partial charge in [0, 0.05) is 108 Å². The average molecular weight is 1710 g/mol. The van der Waals surface area contributed by atoms with E-state index in [0.717, 1.165) is 105 Å². The summed E-state index contributed by atoms with van der Waals surface area (Å²) < 4.78 is 124. The number of rotatable bonds is 21. The number of carbonyl (C=O) groups is 7. The number of fused-ring (bicyclic) bond motifs is 3. The number of amides is 6. The van der Waals surface area contributed by atoms with Crippen LogP contribution in [0.4, 0.5) is 56.6 Å². The van der Waals surface area contributed by atoms with Gasteiger partial charge in [-0.2, -0.15) is 0 Å². The zero-order chi connectivity index (χ0) is 86.4. The molecule has 3 aliphatic heterocycles. The number of aliphatic hydroxyl groups excluding tert-OH is 1. The number of halogens is 9. The minimum absolute atomic E-state index is 0.0327. The molecular formula is C86H65F9N12O11S3. The third-order valence-electron chi connectivity index (χ3n) is 17.5. The second-order valence-corrected chi connectivity index (χ2v) is 28.6. The lowest BCUT2D eigenvalue weighted by Gasteiger charge is -2.09. The summed E-state index contributed by atoms with van der Waals surface area (Å²) in [5.41, 5.74) is 5.71. The second kappa shape index (κ2) is 41.1. The molecule has 3 aliphatic rings. The van der Waals surface area contributed by atoms with Crippen LogP contribution in [0.2, 0.25) is 0 Å². The average Bonchev–Trinajstić information content (AvgIpc) is 1.65. The highest BCUT2D eigenvalue weighted by Gasteiger charge is 2.27. The summed E-state index contributed by atoms with van der Waals surface area (Å²) in [5.74, 6) is -15.3. The molecule has 0 bridgehead atoms. The number of hydrogen-bond acceptors (Lipinski definition) is 17. The van der Waals surface area contributed by atoms with Gasteiger partial charge in [0.2, 0.25) is 5.91 Å². The van der Waals surface area contributed by atoms with Gasteiger partial charge >= 0.3 is 0 Å². The first-order chi connectivity index (χ1) is 58.3. The van der Waals surface area contributed by atoms with Gasteiger partial charge in [-0.3, -0.25) is 47.9 Å². The van der Waals surface area contributed by atoms with Crippen LogP contribution >= 0.6 is 34.0 Å². The highest BCUT2D eigenvalue weighted by molar-refractivity contribution is 7.11. The van der Waals surface area contributed by atoms with Gasteiger partial charge in [0.15, 0.2) is 63.6 Å². The number of aliphatic hydroxyl groups is 1. The third kappa shape index (κ3) is 22.9. The fourth-order valence-corrected chi connectivity index (χ4v) is 13.5. The molecule has 6 aromatic carbocycles. The minimum atomic E-state index is -1.59. The predicted octanol–water partition coefficient (Wildman–Crippen LogP) is 13.6. The zero-order valence-electron chi connectivity index (χ0n) is 63.0. The van der Waals surface area contributed by atoms with Crippen molar-refractivity contribution in [1.82, 2.24) is 44.6 Å². The Hall–Kier alpha value is -14.4. The van der Waals surface area contributed by atoms with Crippen molar-refractivity contribution < 1.29 is 78.2 Å². The summed E-state index contributed by atoms with van der Waals surface area (Å²) in [4.78, 5) is 134. The zero-order valence-corrected chi connectivity index (χ0v) is 65.5. The Bertz CT molecular complexity index is 5970. The standard InChI is InChI=1S/2C28H19F3N4O3S.C24H18F3N3O3.C4H3NOS.C2H6O/c2*29-21-11-17(12-22(30)25(21)31)15-35-9-2-4-19(28(35)38)26(36)33-7-1-3-16-5-6-18-20(14-24-32-8-10-39-24)27(37)34-23(18)13-16;25-18-9-15(10-19(26)22(18)27)13-30-8-2-4-17(24(30)33)23(32)28-7-1-3-14-5-6-16-12-21(31)29-20(16)11-14;6-3-4-5-1-2-7-4;1-2-3/h2*1-6,8-14H,7,15H2,(H,33,36)(H,34,37);1-6,8-11H,7,12-13H2,(H,28,32)(H,29,31);1-3H;3H,2H2,1H3/b3-1+,20-14+;3-1+,20-14-;3-1+;;. The third-order valence-corrected chi connectivity index (χ3v) is 19.6. The van der Waals surface area contributed by atoms with E-state index in [2.05, 4.69) is 46.9 Å². The van der Waals surface area contributed by atoms with Crippen molar-refractivity contribution in [2.75, 3.05) is 42.2 Å². The van der Waals surface area contributed by atoms with E-state index in [-0.39, 0.29) is 97.0 Å². The van der Waals surface area contributed by atoms with Crippen LogP contribution in [0.15, 0.2) is 213 Å². The topological polar surface area (TPSA) is 317 Å². The van der Waals surface area contributed by atoms with Crippen molar-refractivity contribution in [2.45, 2.75) is 33.0 Å². The molecule has 15 rings (SSSR count). The number of pyridine rings is 3. The second-order valence-electron chi connectivity index (χ2n) is 25.8. The number of aromatic nitrogens is 6. The fraction of sp³-hybridized carbons (Fsp3) is 0.105. The van der Waals surface area contributed by atoms with Crippen LogP contribution in [0.3, 0.4) is 0 Å². The molecule has 12 aromatic rings. The fourth-order valence-electron chi connectivity index (χ4n) is 11.9. The van der Waals surface area contributed by atoms with E-state index in [4.69, 9.17) is 5.11 Å². The van der Waals surface area contributed by atoms with E-state index >= 15 is 0 Å². The SMILES string of the molecule is CCO.O=C1Cc2ccc(/C=C/CNC(=O)c3cccn(Cc4cc(F)c(F)c(F)c4)c3=O)cc2N1.O=C1Nc2cc(/C=C/CNC(=O)c3cccn(Cc4cc(F)c(F)c(F)c4)c3=O)ccc2/C1=C/c1nccs1.O=C1Nc2cc(/C=C/CNC(=O)c3cccn(Cc4cc(F)c(F)c(F)c4)c3=O)ccc2/C1=C\c1nccs1.O=Cc1nccs1. The van der Waals surface area contributed by atoms with Crippen molar-refractivity contribution in [1.29, 1.82) is 0 Å². The molecule has 7 N–H and O–H groups in total. The summed E-state index contributed by atoms with van der Waals surface area (Å²) in [6, 6.07) is 29.7. The first-order valence-corrected chi connectivity index (χ1v) is 38.8. The maximum absolute atomic E-state index is 13.5. The Morgan fingerprint density at radius 3 is 1.08 bits per heavy atom. The van der Waals surface area contributed by atoms with E-state index in [0.29, 0.717) is 33.9 Å². The van der Waals surface area contributed by atoms with Crippen molar-refractivity contribution in [3.63, 3.8) is 0 Å². The largest absolute Gasteiger partial charge is 0.397 e. The number of hydrogen-bond donors (Lipinski definition) is 7. The molecule has 0 saturated heterocycles. The quantitative estimate of drug-likeness (QED) is 0.0152. The monoisotopic (exact) mass is 1710 g/mol. The van der Waals surface area contributed by atoms with Crippen LogP contribution in [0.25, 0.3) is 41.5 Å². The molecule has 0 unspecified atom stereocenters. The number of carbonyl (C=O) groups excluding carboxylic acids is 7. The molecule has 23 nitrogen and oxygen atoms in total. The number of thiazole rings is 3. The lowest BCUT2D eigenvalue weighted by molar-refractivity contribution is -0.115. The highest BCUT2D eigenvalue weighted by atomic mass is 32.1. The van der Waals surface area contributed by atoms with Gasteiger partial charge in [0.25, 0.3) is 46.2 Å². The maximum Gasteiger partial charge on any atom is 0.263 e. The molecule has 121 heavy (non-hydrogen) atoms. The Balaban J connectivity index is 0.000000168. The number of benzene rings is 6. The van der Waals surface area contributed by atoms with Crippen LogP contribution in [0.5, 0.6) is 0 Å².